The number of hydrogen-bond donors (Lipinski definition) is 1. The number of benzene rings is 2. The molecule has 1 unspecified atom stereocenters. The minimum Gasteiger partial charge on any atom is -0.360 e. The van der Waals surface area contributed by atoms with Gasteiger partial charge in [-0.1, -0.05) is 17.7 Å². The SMILES string of the molecule is Cc1ccc(N2C(=O)CC([NH+]3CCN(c4ccc(F)cc4)CC3)C2=O)c(C)c1. The van der Waals surface area contributed by atoms with Gasteiger partial charge in [-0.3, -0.25) is 9.59 Å². The molecule has 0 spiro atoms. The Morgan fingerprint density at radius 1 is 1.00 bits per heavy atom. The molecule has 146 valence electrons. The molecule has 0 bridgehead atoms. The number of hydrogen-bond acceptors (Lipinski definition) is 3. The van der Waals surface area contributed by atoms with E-state index < -0.39 is 0 Å². The molecular weight excluding hydrogens is 357 g/mol. The third-order valence-corrected chi connectivity index (χ3v) is 5.83. The number of aryl methyl sites for hydroxylation is 2. The van der Waals surface area contributed by atoms with Crippen molar-refractivity contribution in [2.45, 2.75) is 26.3 Å². The highest BCUT2D eigenvalue weighted by Crippen LogP contribution is 2.26. The molecule has 0 radical (unpaired) electrons. The number of piperazine rings is 1. The molecule has 2 saturated heterocycles. The molecule has 28 heavy (non-hydrogen) atoms. The lowest BCUT2D eigenvalue weighted by Crippen LogP contribution is -3.19. The lowest BCUT2D eigenvalue weighted by molar-refractivity contribution is -0.915. The van der Waals surface area contributed by atoms with Crippen LogP contribution in [0.1, 0.15) is 17.5 Å². The van der Waals surface area contributed by atoms with Gasteiger partial charge in [-0.2, -0.15) is 0 Å². The van der Waals surface area contributed by atoms with Crippen molar-refractivity contribution in [3.05, 3.63) is 59.4 Å². The molecule has 2 amide bonds. The number of nitrogens with one attached hydrogen (secondary N) is 1. The van der Waals surface area contributed by atoms with Crippen LogP contribution in [0.4, 0.5) is 15.8 Å². The minimum atomic E-state index is -0.316. The van der Waals surface area contributed by atoms with Crippen LogP contribution < -0.4 is 14.7 Å². The smallest absolute Gasteiger partial charge is 0.292 e. The normalized spacial score (nSPS) is 20.9. The number of carbonyl (C=O) groups is 2. The molecule has 0 aromatic heterocycles. The summed E-state index contributed by atoms with van der Waals surface area (Å²) in [5, 5.41) is 0. The van der Waals surface area contributed by atoms with Gasteiger partial charge in [0.25, 0.3) is 5.91 Å². The molecule has 5 nitrogen and oxygen atoms in total. The highest BCUT2D eigenvalue weighted by molar-refractivity contribution is 6.22. The van der Waals surface area contributed by atoms with Gasteiger partial charge in [0.15, 0.2) is 6.04 Å². The molecule has 2 aromatic carbocycles. The number of rotatable bonds is 3. The van der Waals surface area contributed by atoms with E-state index in [0.29, 0.717) is 5.69 Å². The third-order valence-electron chi connectivity index (χ3n) is 5.83. The molecule has 2 fully saturated rings. The fourth-order valence-electron chi connectivity index (χ4n) is 4.31. The Kier molecular flexibility index (Phi) is 4.89. The van der Waals surface area contributed by atoms with Crippen molar-refractivity contribution in [2.24, 2.45) is 0 Å². The van der Waals surface area contributed by atoms with Gasteiger partial charge in [-0.25, -0.2) is 9.29 Å². The van der Waals surface area contributed by atoms with E-state index in [9.17, 15) is 14.0 Å². The average molecular weight is 382 g/mol. The van der Waals surface area contributed by atoms with Crippen LogP contribution in [0, 0.1) is 19.7 Å². The van der Waals surface area contributed by atoms with Crippen molar-refractivity contribution in [1.82, 2.24) is 0 Å². The fraction of sp³-hybridized carbons (Fsp3) is 0.364. The first kappa shape index (κ1) is 18.6. The first-order valence-electron chi connectivity index (χ1n) is 9.73. The van der Waals surface area contributed by atoms with Crippen LogP contribution in [0.25, 0.3) is 0 Å². The molecule has 2 aromatic rings. The van der Waals surface area contributed by atoms with Crippen molar-refractivity contribution >= 4 is 23.2 Å². The quantitative estimate of drug-likeness (QED) is 0.818. The number of amides is 2. The Morgan fingerprint density at radius 2 is 1.68 bits per heavy atom. The fourth-order valence-corrected chi connectivity index (χ4v) is 4.31. The summed E-state index contributed by atoms with van der Waals surface area (Å²) in [6.45, 7) is 7.05. The number of quaternary nitrogens is 1. The summed E-state index contributed by atoms with van der Waals surface area (Å²) < 4.78 is 13.1. The second-order valence-corrected chi connectivity index (χ2v) is 7.74. The van der Waals surface area contributed by atoms with Gasteiger partial charge in [0.1, 0.15) is 5.82 Å². The maximum Gasteiger partial charge on any atom is 0.292 e. The summed E-state index contributed by atoms with van der Waals surface area (Å²) in [5.74, 6) is -0.452. The number of halogens is 1. The molecule has 1 atom stereocenters. The van der Waals surface area contributed by atoms with Gasteiger partial charge in [-0.15, -0.1) is 0 Å². The van der Waals surface area contributed by atoms with Crippen LogP contribution >= 0.6 is 0 Å². The van der Waals surface area contributed by atoms with Crippen LogP contribution in [0.15, 0.2) is 42.5 Å². The zero-order valence-electron chi connectivity index (χ0n) is 16.2. The summed E-state index contributed by atoms with van der Waals surface area (Å²) in [6.07, 6.45) is 0.262. The van der Waals surface area contributed by atoms with E-state index in [4.69, 9.17) is 0 Å². The molecule has 0 saturated carbocycles. The molecule has 6 heteroatoms. The lowest BCUT2D eigenvalue weighted by Gasteiger charge is -2.35. The van der Waals surface area contributed by atoms with E-state index in [1.165, 1.54) is 17.0 Å². The van der Waals surface area contributed by atoms with Crippen LogP contribution in [0.5, 0.6) is 0 Å². The van der Waals surface area contributed by atoms with Gasteiger partial charge in [0, 0.05) is 5.69 Å². The minimum absolute atomic E-state index is 0.0952. The highest BCUT2D eigenvalue weighted by atomic mass is 19.1. The summed E-state index contributed by atoms with van der Waals surface area (Å²) in [4.78, 5) is 30.4. The molecule has 2 aliphatic heterocycles. The summed E-state index contributed by atoms with van der Waals surface area (Å²) in [6, 6.07) is 12.0. The standard InChI is InChI=1S/C22H24FN3O2/c1-15-3-8-19(16(2)13-15)26-21(27)14-20(22(26)28)25-11-9-24(10-12-25)18-6-4-17(23)5-7-18/h3-8,13,20H,9-12,14H2,1-2H3/p+1. The highest BCUT2D eigenvalue weighted by Gasteiger charge is 2.46. The predicted octanol–water partition coefficient (Wildman–Crippen LogP) is 1.48. The molecule has 0 aliphatic carbocycles. The molecule has 4 rings (SSSR count). The van der Waals surface area contributed by atoms with E-state index in [2.05, 4.69) is 4.90 Å². The summed E-state index contributed by atoms with van der Waals surface area (Å²) in [5.41, 5.74) is 3.75. The first-order valence-corrected chi connectivity index (χ1v) is 9.73. The van der Waals surface area contributed by atoms with Crippen molar-refractivity contribution in [3.8, 4) is 0 Å². The van der Waals surface area contributed by atoms with E-state index in [-0.39, 0.29) is 30.1 Å². The Hall–Kier alpha value is -2.73. The molecule has 1 N–H and O–H groups in total. The monoisotopic (exact) mass is 382 g/mol. The van der Waals surface area contributed by atoms with Gasteiger partial charge < -0.3 is 9.80 Å². The topological polar surface area (TPSA) is 45.1 Å². The van der Waals surface area contributed by atoms with E-state index in [0.717, 1.165) is 47.9 Å². The zero-order valence-corrected chi connectivity index (χ0v) is 16.2. The van der Waals surface area contributed by atoms with Crippen LogP contribution in [-0.4, -0.2) is 44.0 Å². The second kappa shape index (κ2) is 7.36. The Balaban J connectivity index is 1.45. The van der Waals surface area contributed by atoms with Gasteiger partial charge >= 0.3 is 0 Å². The summed E-state index contributed by atoms with van der Waals surface area (Å²) in [7, 11) is 0. The summed E-state index contributed by atoms with van der Waals surface area (Å²) >= 11 is 0. The Morgan fingerprint density at radius 3 is 2.32 bits per heavy atom. The van der Waals surface area contributed by atoms with Crippen molar-refractivity contribution < 1.29 is 18.9 Å². The predicted molar refractivity (Wildman–Crippen MR) is 106 cm³/mol. The largest absolute Gasteiger partial charge is 0.360 e. The lowest BCUT2D eigenvalue weighted by atomic mass is 10.1. The number of anilines is 2. The van der Waals surface area contributed by atoms with E-state index in [1.54, 1.807) is 12.1 Å². The molecule has 2 aliphatic rings. The van der Waals surface area contributed by atoms with Crippen molar-refractivity contribution in [1.29, 1.82) is 0 Å². The zero-order chi connectivity index (χ0) is 19.8. The first-order chi connectivity index (χ1) is 13.4. The van der Waals surface area contributed by atoms with Gasteiger partial charge in [-0.05, 0) is 49.7 Å². The second-order valence-electron chi connectivity index (χ2n) is 7.74. The van der Waals surface area contributed by atoms with Gasteiger partial charge in [0.2, 0.25) is 5.91 Å². The Labute approximate surface area is 164 Å². The van der Waals surface area contributed by atoms with Crippen molar-refractivity contribution in [2.75, 3.05) is 36.0 Å². The maximum absolute atomic E-state index is 13.1. The van der Waals surface area contributed by atoms with Gasteiger partial charge in [0.05, 0.1) is 38.3 Å². The average Bonchev–Trinajstić information content (AvgIpc) is 2.97. The van der Waals surface area contributed by atoms with E-state index >= 15 is 0 Å². The third kappa shape index (κ3) is 3.40. The number of carbonyl (C=O) groups excluding carboxylic acids is 2. The maximum atomic E-state index is 13.1. The molecular formula is C22H25FN3O2+. The number of nitrogens with zero attached hydrogens (tertiary/aromatic N) is 2. The van der Waals surface area contributed by atoms with Crippen molar-refractivity contribution in [3.63, 3.8) is 0 Å². The van der Waals surface area contributed by atoms with Crippen LogP contribution in [0.2, 0.25) is 0 Å². The van der Waals surface area contributed by atoms with E-state index in [1.807, 2.05) is 32.0 Å². The van der Waals surface area contributed by atoms with Crippen LogP contribution in [0.3, 0.4) is 0 Å². The van der Waals surface area contributed by atoms with Crippen LogP contribution in [-0.2, 0) is 9.59 Å². The Bertz CT molecular complexity index is 904. The number of imide groups is 1. The molecule has 2 heterocycles.